The first kappa shape index (κ1) is 23.9. The normalized spacial score (nSPS) is 13.4. The molecular weight excluding hydrogens is 398 g/mol. The van der Waals surface area contributed by atoms with Gasteiger partial charge in [-0.05, 0) is 49.6 Å². The van der Waals surface area contributed by atoms with Crippen LogP contribution < -0.4 is 4.74 Å². The van der Waals surface area contributed by atoms with E-state index in [9.17, 15) is 13.7 Å². The SMILES string of the molecule is CCCCCC[C@H](C[C@H](C#N)c1ccc(OC)cc1)OS(=O)(=O)c1ccc(C)cc1. The van der Waals surface area contributed by atoms with Crippen LogP contribution in [0.15, 0.2) is 53.4 Å². The Hall–Kier alpha value is -2.36. The van der Waals surface area contributed by atoms with Crippen molar-refractivity contribution in [2.75, 3.05) is 7.11 Å². The van der Waals surface area contributed by atoms with Crippen LogP contribution in [0.4, 0.5) is 0 Å². The summed E-state index contributed by atoms with van der Waals surface area (Å²) in [5, 5.41) is 9.72. The minimum absolute atomic E-state index is 0.143. The Labute approximate surface area is 180 Å². The van der Waals surface area contributed by atoms with Crippen LogP contribution in [0.2, 0.25) is 0 Å². The topological polar surface area (TPSA) is 76.4 Å². The van der Waals surface area contributed by atoms with E-state index >= 15 is 0 Å². The fraction of sp³-hybridized carbons (Fsp3) is 0.458. The number of methoxy groups -OCH3 is 1. The highest BCUT2D eigenvalue weighted by Gasteiger charge is 2.25. The molecule has 2 aromatic rings. The molecule has 0 aliphatic rings. The van der Waals surface area contributed by atoms with Gasteiger partial charge < -0.3 is 4.74 Å². The molecule has 0 N–H and O–H groups in total. The number of nitrogens with zero attached hydrogens (tertiary/aromatic N) is 1. The number of ether oxygens (including phenoxy) is 1. The number of benzene rings is 2. The fourth-order valence-electron chi connectivity index (χ4n) is 3.31. The first-order valence-electron chi connectivity index (χ1n) is 10.4. The zero-order valence-electron chi connectivity index (χ0n) is 18.0. The molecule has 0 amide bonds. The molecule has 0 aromatic heterocycles. The summed E-state index contributed by atoms with van der Waals surface area (Å²) in [7, 11) is -2.30. The third-order valence-corrected chi connectivity index (χ3v) is 6.50. The van der Waals surface area contributed by atoms with Crippen LogP contribution >= 0.6 is 0 Å². The molecule has 5 nitrogen and oxygen atoms in total. The van der Waals surface area contributed by atoms with E-state index < -0.39 is 22.1 Å². The van der Waals surface area contributed by atoms with Crippen molar-refractivity contribution in [1.29, 1.82) is 5.26 Å². The molecule has 2 aromatic carbocycles. The summed E-state index contributed by atoms with van der Waals surface area (Å²) in [4.78, 5) is 0.143. The average Bonchev–Trinajstić information content (AvgIpc) is 2.75. The van der Waals surface area contributed by atoms with Crippen molar-refractivity contribution >= 4 is 10.1 Å². The van der Waals surface area contributed by atoms with Gasteiger partial charge in [0.05, 0.1) is 30.1 Å². The van der Waals surface area contributed by atoms with Gasteiger partial charge in [-0.3, -0.25) is 4.18 Å². The number of aryl methyl sites for hydroxylation is 1. The van der Waals surface area contributed by atoms with Crippen molar-refractivity contribution in [2.45, 2.75) is 69.3 Å². The summed E-state index contributed by atoms with van der Waals surface area (Å²) < 4.78 is 36.4. The van der Waals surface area contributed by atoms with E-state index in [2.05, 4.69) is 13.0 Å². The molecule has 0 bridgehead atoms. The lowest BCUT2D eigenvalue weighted by molar-refractivity contribution is 0.180. The van der Waals surface area contributed by atoms with E-state index in [0.29, 0.717) is 18.6 Å². The third-order valence-electron chi connectivity index (χ3n) is 5.12. The highest BCUT2D eigenvalue weighted by molar-refractivity contribution is 7.86. The Bertz CT molecular complexity index is 915. The summed E-state index contributed by atoms with van der Waals surface area (Å²) in [5.74, 6) is 0.255. The van der Waals surface area contributed by atoms with Crippen molar-refractivity contribution < 1.29 is 17.3 Å². The van der Waals surface area contributed by atoms with Gasteiger partial charge in [0.25, 0.3) is 10.1 Å². The smallest absolute Gasteiger partial charge is 0.297 e. The van der Waals surface area contributed by atoms with E-state index in [4.69, 9.17) is 8.92 Å². The maximum absolute atomic E-state index is 12.8. The summed E-state index contributed by atoms with van der Waals surface area (Å²) >= 11 is 0. The van der Waals surface area contributed by atoms with Gasteiger partial charge in [-0.2, -0.15) is 13.7 Å². The monoisotopic (exact) mass is 429 g/mol. The number of rotatable bonds is 12. The van der Waals surface area contributed by atoms with E-state index in [1.807, 2.05) is 19.1 Å². The fourth-order valence-corrected chi connectivity index (χ4v) is 4.42. The molecule has 0 spiro atoms. The largest absolute Gasteiger partial charge is 0.497 e. The van der Waals surface area contributed by atoms with Crippen molar-refractivity contribution in [3.63, 3.8) is 0 Å². The minimum Gasteiger partial charge on any atom is -0.497 e. The van der Waals surface area contributed by atoms with Gasteiger partial charge in [0.1, 0.15) is 5.75 Å². The molecule has 2 rings (SSSR count). The number of unbranched alkanes of at least 4 members (excludes halogenated alkanes) is 3. The molecule has 0 heterocycles. The minimum atomic E-state index is -3.90. The Balaban J connectivity index is 2.17. The Morgan fingerprint density at radius 2 is 1.67 bits per heavy atom. The van der Waals surface area contributed by atoms with Gasteiger partial charge in [0.15, 0.2) is 0 Å². The third kappa shape index (κ3) is 7.16. The number of nitriles is 1. The predicted molar refractivity (Wildman–Crippen MR) is 118 cm³/mol. The van der Waals surface area contributed by atoms with Crippen LogP contribution in [-0.4, -0.2) is 21.6 Å². The van der Waals surface area contributed by atoms with Gasteiger partial charge in [0.2, 0.25) is 0 Å². The van der Waals surface area contributed by atoms with Crippen LogP contribution in [0.3, 0.4) is 0 Å². The molecule has 0 radical (unpaired) electrons. The lowest BCUT2D eigenvalue weighted by Gasteiger charge is -2.20. The average molecular weight is 430 g/mol. The van der Waals surface area contributed by atoms with E-state index in [1.165, 1.54) is 0 Å². The van der Waals surface area contributed by atoms with Crippen LogP contribution in [0.25, 0.3) is 0 Å². The lowest BCUT2D eigenvalue weighted by Crippen LogP contribution is -2.21. The molecule has 0 aliphatic carbocycles. The van der Waals surface area contributed by atoms with E-state index in [1.54, 1.807) is 43.5 Å². The van der Waals surface area contributed by atoms with Crippen molar-refractivity contribution in [3.8, 4) is 11.8 Å². The first-order chi connectivity index (χ1) is 14.4. The highest BCUT2D eigenvalue weighted by atomic mass is 32.2. The van der Waals surface area contributed by atoms with Gasteiger partial charge in [-0.1, -0.05) is 62.4 Å². The Morgan fingerprint density at radius 3 is 2.23 bits per heavy atom. The van der Waals surface area contributed by atoms with Gasteiger partial charge in [0, 0.05) is 0 Å². The quantitative estimate of drug-likeness (QED) is 0.317. The molecule has 30 heavy (non-hydrogen) atoms. The van der Waals surface area contributed by atoms with Crippen LogP contribution in [0, 0.1) is 18.3 Å². The van der Waals surface area contributed by atoms with Crippen molar-refractivity contribution in [3.05, 3.63) is 59.7 Å². The zero-order chi connectivity index (χ0) is 22.0. The Morgan fingerprint density at radius 1 is 1.00 bits per heavy atom. The van der Waals surface area contributed by atoms with Crippen molar-refractivity contribution in [2.24, 2.45) is 0 Å². The molecule has 162 valence electrons. The van der Waals surface area contributed by atoms with Crippen LogP contribution in [0.5, 0.6) is 5.75 Å². The molecule has 6 heteroatoms. The second-order valence-electron chi connectivity index (χ2n) is 7.53. The molecule has 0 saturated heterocycles. The lowest BCUT2D eigenvalue weighted by atomic mass is 9.92. The van der Waals surface area contributed by atoms with Crippen LogP contribution in [0.1, 0.15) is 62.5 Å². The van der Waals surface area contributed by atoms with E-state index in [0.717, 1.165) is 36.8 Å². The summed E-state index contributed by atoms with van der Waals surface area (Å²) in [6.07, 6.45) is 4.43. The summed E-state index contributed by atoms with van der Waals surface area (Å²) in [5.41, 5.74) is 1.81. The second kappa shape index (κ2) is 11.7. The Kier molecular flexibility index (Phi) is 9.35. The summed E-state index contributed by atoms with van der Waals surface area (Å²) in [6.45, 7) is 4.03. The summed E-state index contributed by atoms with van der Waals surface area (Å²) in [6, 6.07) is 16.2. The molecule has 2 atom stereocenters. The molecule has 0 saturated carbocycles. The van der Waals surface area contributed by atoms with E-state index in [-0.39, 0.29) is 4.90 Å². The maximum atomic E-state index is 12.8. The van der Waals surface area contributed by atoms with Gasteiger partial charge in [-0.25, -0.2) is 0 Å². The van der Waals surface area contributed by atoms with Gasteiger partial charge in [-0.15, -0.1) is 0 Å². The van der Waals surface area contributed by atoms with Gasteiger partial charge >= 0.3 is 0 Å². The maximum Gasteiger partial charge on any atom is 0.297 e. The predicted octanol–water partition coefficient (Wildman–Crippen LogP) is 5.75. The molecule has 0 aliphatic heterocycles. The van der Waals surface area contributed by atoms with Crippen LogP contribution in [-0.2, 0) is 14.3 Å². The second-order valence-corrected chi connectivity index (χ2v) is 9.10. The molecule has 0 unspecified atom stereocenters. The van der Waals surface area contributed by atoms with Crippen molar-refractivity contribution in [1.82, 2.24) is 0 Å². The molecular formula is C24H31NO4S. The standard InChI is InChI=1S/C24H31NO4S/c1-4-5-6-7-8-23(29-30(26,27)24-15-9-19(2)10-16-24)17-21(18-25)20-11-13-22(28-3)14-12-20/h9-16,21,23H,4-8,17H2,1-3H3/t21-,23-/m1/s1. The molecule has 0 fully saturated rings. The number of hydrogen-bond donors (Lipinski definition) is 0. The highest BCUT2D eigenvalue weighted by Crippen LogP contribution is 2.28. The first-order valence-corrected chi connectivity index (χ1v) is 11.8. The number of hydrogen-bond acceptors (Lipinski definition) is 5. The zero-order valence-corrected chi connectivity index (χ0v) is 18.8.